The number of nitrogens with two attached hydrogens (primary N) is 1. The third-order valence-corrected chi connectivity index (χ3v) is 1.62. The van der Waals surface area contributed by atoms with Crippen molar-refractivity contribution in [3.63, 3.8) is 0 Å². The molecule has 0 aromatic heterocycles. The summed E-state index contributed by atoms with van der Waals surface area (Å²) in [4.78, 5) is 10.4. The molecule has 0 spiro atoms. The van der Waals surface area contributed by atoms with Crippen molar-refractivity contribution >= 4 is 5.97 Å². The van der Waals surface area contributed by atoms with Gasteiger partial charge in [0.15, 0.2) is 0 Å². The Kier molecular flexibility index (Phi) is 7.28. The second kappa shape index (κ2) is 8.00. The summed E-state index contributed by atoms with van der Waals surface area (Å²) < 4.78 is 0. The minimum atomic E-state index is -0.959. The van der Waals surface area contributed by atoms with Crippen LogP contribution < -0.4 is 5.73 Å². The first-order valence-corrected chi connectivity index (χ1v) is 5.14. The van der Waals surface area contributed by atoms with Crippen LogP contribution >= 0.6 is 0 Å². The van der Waals surface area contributed by atoms with E-state index in [1.807, 2.05) is 30.3 Å². The van der Waals surface area contributed by atoms with Gasteiger partial charge in [-0.1, -0.05) is 50.6 Å². The largest absolute Gasteiger partial charge is 0.480 e. The van der Waals surface area contributed by atoms with E-state index in [1.165, 1.54) is 6.42 Å². The van der Waals surface area contributed by atoms with Gasteiger partial charge in [0.1, 0.15) is 6.04 Å². The normalized spacial score (nSPS) is 11.1. The number of rotatable bonds is 3. The first kappa shape index (κ1) is 13.7. The minimum absolute atomic E-state index is 0.385. The van der Waals surface area contributed by atoms with E-state index < -0.39 is 12.0 Å². The van der Waals surface area contributed by atoms with Gasteiger partial charge < -0.3 is 10.8 Å². The number of hydrogen-bond acceptors (Lipinski definition) is 2. The molecule has 0 bridgehead atoms. The zero-order valence-corrected chi connectivity index (χ0v) is 9.31. The van der Waals surface area contributed by atoms with Crippen LogP contribution in [-0.2, 0) is 11.2 Å². The molecular formula is C12H19NO2. The molecule has 1 rings (SSSR count). The molecule has 15 heavy (non-hydrogen) atoms. The fourth-order valence-corrected chi connectivity index (χ4v) is 0.955. The first-order chi connectivity index (χ1) is 7.11. The maximum atomic E-state index is 10.4. The van der Waals surface area contributed by atoms with Crippen LogP contribution in [0, 0.1) is 0 Å². The van der Waals surface area contributed by atoms with Gasteiger partial charge in [-0.15, -0.1) is 0 Å². The first-order valence-electron chi connectivity index (χ1n) is 5.14. The van der Waals surface area contributed by atoms with E-state index in [1.54, 1.807) is 0 Å². The predicted octanol–water partition coefficient (Wildman–Crippen LogP) is 2.06. The maximum absolute atomic E-state index is 10.4. The number of carboxylic acids is 1. The molecule has 0 fully saturated rings. The molecular weight excluding hydrogens is 190 g/mol. The second-order valence-corrected chi connectivity index (χ2v) is 3.34. The van der Waals surface area contributed by atoms with Crippen molar-refractivity contribution < 1.29 is 9.90 Å². The van der Waals surface area contributed by atoms with Gasteiger partial charge in [-0.25, -0.2) is 0 Å². The van der Waals surface area contributed by atoms with Crippen LogP contribution in [0.5, 0.6) is 0 Å². The highest BCUT2D eigenvalue weighted by Crippen LogP contribution is 2.01. The smallest absolute Gasteiger partial charge is 0.320 e. The van der Waals surface area contributed by atoms with Crippen LogP contribution in [-0.4, -0.2) is 17.1 Å². The molecule has 1 aromatic carbocycles. The Labute approximate surface area is 90.9 Å². The van der Waals surface area contributed by atoms with Crippen molar-refractivity contribution in [3.8, 4) is 0 Å². The monoisotopic (exact) mass is 209 g/mol. The van der Waals surface area contributed by atoms with Gasteiger partial charge in [-0.2, -0.15) is 0 Å². The Hall–Kier alpha value is -1.35. The average molecular weight is 209 g/mol. The van der Waals surface area contributed by atoms with E-state index in [0.717, 1.165) is 5.56 Å². The third kappa shape index (κ3) is 6.69. The lowest BCUT2D eigenvalue weighted by atomic mass is 10.1. The Morgan fingerprint density at radius 2 is 1.80 bits per heavy atom. The van der Waals surface area contributed by atoms with Crippen molar-refractivity contribution in [2.75, 3.05) is 0 Å². The number of hydrogen-bond donors (Lipinski definition) is 2. The molecule has 0 saturated heterocycles. The Balaban J connectivity index is 0.000000583. The van der Waals surface area contributed by atoms with E-state index in [-0.39, 0.29) is 0 Å². The highest BCUT2D eigenvalue weighted by atomic mass is 16.4. The lowest BCUT2D eigenvalue weighted by Gasteiger charge is -2.04. The highest BCUT2D eigenvalue weighted by Gasteiger charge is 2.10. The quantitative estimate of drug-likeness (QED) is 0.801. The fourth-order valence-electron chi connectivity index (χ4n) is 0.955. The van der Waals surface area contributed by atoms with Crippen LogP contribution in [0.4, 0.5) is 0 Å². The number of aliphatic carboxylic acids is 1. The van der Waals surface area contributed by atoms with Gasteiger partial charge in [0, 0.05) is 0 Å². The molecule has 0 amide bonds. The maximum Gasteiger partial charge on any atom is 0.320 e. The highest BCUT2D eigenvalue weighted by molar-refractivity contribution is 5.73. The van der Waals surface area contributed by atoms with Crippen LogP contribution in [0.3, 0.4) is 0 Å². The van der Waals surface area contributed by atoms with Crippen LogP contribution in [0.2, 0.25) is 0 Å². The number of carbonyl (C=O) groups is 1. The van der Waals surface area contributed by atoms with Crippen LogP contribution in [0.15, 0.2) is 30.3 Å². The van der Waals surface area contributed by atoms with Gasteiger partial charge in [-0.05, 0) is 12.0 Å². The lowest BCUT2D eigenvalue weighted by molar-refractivity contribution is -0.138. The molecule has 0 heterocycles. The summed E-state index contributed by atoms with van der Waals surface area (Å²) >= 11 is 0. The Morgan fingerprint density at radius 1 is 1.33 bits per heavy atom. The average Bonchev–Trinajstić information content (AvgIpc) is 2.20. The summed E-state index contributed by atoms with van der Waals surface area (Å²) in [7, 11) is 0. The number of carboxylic acid groups (broad SMARTS) is 1. The zero-order valence-electron chi connectivity index (χ0n) is 9.31. The summed E-state index contributed by atoms with van der Waals surface area (Å²) in [5, 5.41) is 8.52. The summed E-state index contributed by atoms with van der Waals surface area (Å²) in [6.45, 7) is 4.25. The Morgan fingerprint density at radius 3 is 2.20 bits per heavy atom. The molecule has 1 aromatic rings. The number of benzene rings is 1. The SMILES string of the molecule is CCC.N[C@@H](Cc1ccccc1)C(=O)O. The summed E-state index contributed by atoms with van der Waals surface area (Å²) in [5.41, 5.74) is 6.30. The van der Waals surface area contributed by atoms with Crippen molar-refractivity contribution in [1.82, 2.24) is 0 Å². The lowest BCUT2D eigenvalue weighted by Crippen LogP contribution is -2.32. The van der Waals surface area contributed by atoms with E-state index in [4.69, 9.17) is 10.8 Å². The molecule has 0 aliphatic heterocycles. The molecule has 0 radical (unpaired) electrons. The summed E-state index contributed by atoms with van der Waals surface area (Å²) in [6, 6.07) is 8.54. The standard InChI is InChI=1S/C9H11NO2.C3H8/c10-8(9(11)12)6-7-4-2-1-3-5-7;1-3-2/h1-5,8H,6,10H2,(H,11,12);3H2,1-2H3/t8-;/m0./s1. The van der Waals surface area contributed by atoms with Crippen molar-refractivity contribution in [1.29, 1.82) is 0 Å². The summed E-state index contributed by atoms with van der Waals surface area (Å²) in [5.74, 6) is -0.959. The molecule has 3 heteroatoms. The minimum Gasteiger partial charge on any atom is -0.480 e. The van der Waals surface area contributed by atoms with E-state index >= 15 is 0 Å². The predicted molar refractivity (Wildman–Crippen MR) is 61.7 cm³/mol. The Bertz CT molecular complexity index is 272. The van der Waals surface area contributed by atoms with Crippen LogP contribution in [0.1, 0.15) is 25.8 Å². The van der Waals surface area contributed by atoms with E-state index in [0.29, 0.717) is 6.42 Å². The second-order valence-electron chi connectivity index (χ2n) is 3.34. The van der Waals surface area contributed by atoms with Gasteiger partial charge in [-0.3, -0.25) is 4.79 Å². The van der Waals surface area contributed by atoms with E-state index in [9.17, 15) is 4.79 Å². The molecule has 1 atom stereocenters. The van der Waals surface area contributed by atoms with Gasteiger partial charge in [0.05, 0.1) is 0 Å². The summed E-state index contributed by atoms with van der Waals surface area (Å²) in [6.07, 6.45) is 1.64. The van der Waals surface area contributed by atoms with Crippen molar-refractivity contribution in [2.24, 2.45) is 5.73 Å². The van der Waals surface area contributed by atoms with Crippen molar-refractivity contribution in [3.05, 3.63) is 35.9 Å². The fraction of sp³-hybridized carbons (Fsp3) is 0.417. The molecule has 0 unspecified atom stereocenters. The molecule has 84 valence electrons. The molecule has 0 aliphatic carbocycles. The molecule has 3 N–H and O–H groups in total. The topological polar surface area (TPSA) is 63.3 Å². The molecule has 0 saturated carbocycles. The van der Waals surface area contributed by atoms with Crippen LogP contribution in [0.25, 0.3) is 0 Å². The molecule has 3 nitrogen and oxygen atoms in total. The van der Waals surface area contributed by atoms with Gasteiger partial charge in [0.25, 0.3) is 0 Å². The van der Waals surface area contributed by atoms with E-state index in [2.05, 4.69) is 13.8 Å². The van der Waals surface area contributed by atoms with Gasteiger partial charge >= 0.3 is 5.97 Å². The zero-order chi connectivity index (χ0) is 11.7. The van der Waals surface area contributed by atoms with Crippen molar-refractivity contribution in [2.45, 2.75) is 32.7 Å². The van der Waals surface area contributed by atoms with Gasteiger partial charge in [0.2, 0.25) is 0 Å². The third-order valence-electron chi connectivity index (χ3n) is 1.62. The molecule has 0 aliphatic rings.